The first-order chi connectivity index (χ1) is 4.74. The number of carbonyl (C=O) groups is 1. The highest BCUT2D eigenvalue weighted by atomic mass is 16.5. The van der Waals surface area contributed by atoms with Crippen molar-refractivity contribution in [1.82, 2.24) is 10.2 Å². The number of aromatic nitrogens is 2. The Bertz CT molecular complexity index is 242. The van der Waals surface area contributed by atoms with Crippen LogP contribution in [0.2, 0.25) is 0 Å². The minimum atomic E-state index is -0.0456. The summed E-state index contributed by atoms with van der Waals surface area (Å²) in [4.78, 5) is 10.6. The molecule has 1 N–H and O–H groups in total. The number of aromatic amines is 1. The summed E-state index contributed by atoms with van der Waals surface area (Å²) in [5.74, 6) is 0.390. The quantitative estimate of drug-likeness (QED) is 0.612. The number of nitrogens with one attached hydrogen (secondary N) is 1. The topological polar surface area (TPSA) is 55.0 Å². The number of ether oxygens (including phenoxy) is 1. The molecule has 10 heavy (non-hydrogen) atoms. The molecule has 0 unspecified atom stereocenters. The largest absolute Gasteiger partial charge is 0.480 e. The minimum absolute atomic E-state index is 0.0456. The predicted octanol–water partition coefficient (Wildman–Crippen LogP) is 0.621. The summed E-state index contributed by atoms with van der Waals surface area (Å²) in [5.41, 5.74) is 0.469. The van der Waals surface area contributed by atoms with Gasteiger partial charge in [0.05, 0.1) is 7.11 Å². The van der Waals surface area contributed by atoms with E-state index in [-0.39, 0.29) is 5.78 Å². The normalized spacial score (nSPS) is 9.40. The molecule has 0 aliphatic heterocycles. The van der Waals surface area contributed by atoms with Crippen LogP contribution < -0.4 is 4.74 Å². The van der Waals surface area contributed by atoms with Crippen molar-refractivity contribution in [3.8, 4) is 5.88 Å². The number of hydrogen-bond acceptors (Lipinski definition) is 3. The van der Waals surface area contributed by atoms with Crippen molar-refractivity contribution in [2.45, 2.75) is 6.92 Å². The Labute approximate surface area is 58.2 Å². The maximum Gasteiger partial charge on any atom is 0.232 e. The van der Waals surface area contributed by atoms with Gasteiger partial charge in [0.25, 0.3) is 0 Å². The molecule has 0 saturated heterocycles. The average molecular weight is 140 g/mol. The Morgan fingerprint density at radius 3 is 2.80 bits per heavy atom. The Kier molecular flexibility index (Phi) is 1.71. The van der Waals surface area contributed by atoms with E-state index in [0.717, 1.165) is 0 Å². The van der Waals surface area contributed by atoms with E-state index in [1.165, 1.54) is 14.0 Å². The van der Waals surface area contributed by atoms with Crippen LogP contribution in [0.15, 0.2) is 6.07 Å². The summed E-state index contributed by atoms with van der Waals surface area (Å²) in [7, 11) is 1.50. The van der Waals surface area contributed by atoms with Crippen LogP contribution in [-0.2, 0) is 0 Å². The molecule has 0 aromatic carbocycles. The van der Waals surface area contributed by atoms with Gasteiger partial charge in [0.2, 0.25) is 5.88 Å². The third-order valence-corrected chi connectivity index (χ3v) is 1.14. The van der Waals surface area contributed by atoms with E-state index in [2.05, 4.69) is 10.2 Å². The van der Waals surface area contributed by atoms with Gasteiger partial charge in [-0.25, -0.2) is 0 Å². The van der Waals surface area contributed by atoms with E-state index in [4.69, 9.17) is 4.74 Å². The molecule has 0 spiro atoms. The highest BCUT2D eigenvalue weighted by Crippen LogP contribution is 2.06. The second-order valence-electron chi connectivity index (χ2n) is 1.88. The number of rotatable bonds is 2. The molecule has 4 heteroatoms. The van der Waals surface area contributed by atoms with Gasteiger partial charge in [-0.15, -0.1) is 5.10 Å². The zero-order chi connectivity index (χ0) is 7.56. The number of ketones is 1. The number of H-pyrrole nitrogens is 1. The van der Waals surface area contributed by atoms with Crippen LogP contribution in [0.25, 0.3) is 0 Å². The van der Waals surface area contributed by atoms with Crippen LogP contribution >= 0.6 is 0 Å². The van der Waals surface area contributed by atoms with Crippen molar-refractivity contribution in [1.29, 1.82) is 0 Å². The van der Waals surface area contributed by atoms with Crippen molar-refractivity contribution < 1.29 is 9.53 Å². The Morgan fingerprint density at radius 1 is 1.80 bits per heavy atom. The van der Waals surface area contributed by atoms with Crippen LogP contribution in [0.5, 0.6) is 5.88 Å². The van der Waals surface area contributed by atoms with Crippen LogP contribution in [0.1, 0.15) is 17.4 Å². The van der Waals surface area contributed by atoms with Crippen molar-refractivity contribution in [3.05, 3.63) is 11.8 Å². The van der Waals surface area contributed by atoms with Crippen molar-refractivity contribution in [2.24, 2.45) is 0 Å². The first-order valence-electron chi connectivity index (χ1n) is 2.84. The molecule has 4 nitrogen and oxygen atoms in total. The fourth-order valence-electron chi connectivity index (χ4n) is 0.588. The zero-order valence-electron chi connectivity index (χ0n) is 5.84. The summed E-state index contributed by atoms with van der Waals surface area (Å²) >= 11 is 0. The molecular weight excluding hydrogens is 132 g/mol. The Balaban J connectivity index is 2.88. The minimum Gasteiger partial charge on any atom is -0.480 e. The third-order valence-electron chi connectivity index (χ3n) is 1.14. The lowest BCUT2D eigenvalue weighted by Crippen LogP contribution is -1.90. The molecule has 0 amide bonds. The van der Waals surface area contributed by atoms with Crippen molar-refractivity contribution in [3.63, 3.8) is 0 Å². The smallest absolute Gasteiger partial charge is 0.232 e. The van der Waals surface area contributed by atoms with Crippen molar-refractivity contribution in [2.75, 3.05) is 7.11 Å². The first-order valence-corrected chi connectivity index (χ1v) is 2.84. The van der Waals surface area contributed by atoms with Gasteiger partial charge in [-0.1, -0.05) is 0 Å². The fourth-order valence-corrected chi connectivity index (χ4v) is 0.588. The average Bonchev–Trinajstić information content (AvgIpc) is 2.34. The number of methoxy groups -OCH3 is 1. The Hall–Kier alpha value is -1.32. The zero-order valence-corrected chi connectivity index (χ0v) is 5.84. The van der Waals surface area contributed by atoms with E-state index < -0.39 is 0 Å². The lowest BCUT2D eigenvalue weighted by molar-refractivity contribution is 0.101. The van der Waals surface area contributed by atoms with Gasteiger partial charge in [0.15, 0.2) is 5.78 Å². The molecule has 0 fully saturated rings. The molecule has 0 aliphatic rings. The predicted molar refractivity (Wildman–Crippen MR) is 35.1 cm³/mol. The van der Waals surface area contributed by atoms with Gasteiger partial charge in [-0.3, -0.25) is 9.89 Å². The van der Waals surface area contributed by atoms with E-state index in [1.807, 2.05) is 0 Å². The molecule has 0 radical (unpaired) electrons. The molecule has 0 atom stereocenters. The van der Waals surface area contributed by atoms with Crippen molar-refractivity contribution >= 4 is 5.78 Å². The van der Waals surface area contributed by atoms with Gasteiger partial charge in [-0.2, -0.15) is 0 Å². The lowest BCUT2D eigenvalue weighted by Gasteiger charge is -1.85. The summed E-state index contributed by atoms with van der Waals surface area (Å²) in [6, 6.07) is 1.56. The SMILES string of the molecule is COc1cc(C(C)=O)[nH]n1. The van der Waals surface area contributed by atoms with Crippen LogP contribution in [-0.4, -0.2) is 23.1 Å². The molecule has 0 aliphatic carbocycles. The lowest BCUT2D eigenvalue weighted by atomic mass is 10.3. The number of nitrogens with zero attached hydrogens (tertiary/aromatic N) is 1. The van der Waals surface area contributed by atoms with Crippen LogP contribution in [0, 0.1) is 0 Å². The molecule has 0 bridgehead atoms. The summed E-state index contributed by atoms with van der Waals surface area (Å²) in [6.07, 6.45) is 0. The highest BCUT2D eigenvalue weighted by Gasteiger charge is 2.03. The molecule has 0 saturated carbocycles. The third kappa shape index (κ3) is 1.15. The monoisotopic (exact) mass is 140 g/mol. The van der Waals surface area contributed by atoms with E-state index in [1.54, 1.807) is 6.07 Å². The van der Waals surface area contributed by atoms with Crippen LogP contribution in [0.3, 0.4) is 0 Å². The number of carbonyl (C=O) groups excluding carboxylic acids is 1. The molecular formula is C6H8N2O2. The second-order valence-corrected chi connectivity index (χ2v) is 1.88. The molecule has 1 aromatic rings. The van der Waals surface area contributed by atoms with E-state index in [9.17, 15) is 4.79 Å². The highest BCUT2D eigenvalue weighted by molar-refractivity contribution is 5.92. The first kappa shape index (κ1) is 6.80. The Morgan fingerprint density at radius 2 is 2.50 bits per heavy atom. The summed E-state index contributed by atoms with van der Waals surface area (Å²) < 4.78 is 4.75. The second kappa shape index (κ2) is 2.51. The molecule has 54 valence electrons. The maximum absolute atomic E-state index is 10.6. The van der Waals surface area contributed by atoms with Gasteiger partial charge < -0.3 is 4.74 Å². The standard InChI is InChI=1S/C6H8N2O2/c1-4(9)5-3-6(10-2)8-7-5/h3H,1-2H3,(H,7,8). The van der Waals surface area contributed by atoms with E-state index in [0.29, 0.717) is 11.6 Å². The van der Waals surface area contributed by atoms with Gasteiger partial charge >= 0.3 is 0 Å². The molecule has 1 aromatic heterocycles. The van der Waals surface area contributed by atoms with Gasteiger partial charge in [-0.05, 0) is 0 Å². The number of Topliss-reactive ketones (excluding diaryl/α,β-unsaturated/α-hetero) is 1. The van der Waals surface area contributed by atoms with E-state index >= 15 is 0 Å². The number of hydrogen-bond donors (Lipinski definition) is 1. The molecule has 1 heterocycles. The van der Waals surface area contributed by atoms with Crippen LogP contribution in [0.4, 0.5) is 0 Å². The summed E-state index contributed by atoms with van der Waals surface area (Å²) in [5, 5.41) is 6.22. The van der Waals surface area contributed by atoms with Gasteiger partial charge in [0, 0.05) is 13.0 Å². The fraction of sp³-hybridized carbons (Fsp3) is 0.333. The van der Waals surface area contributed by atoms with Gasteiger partial charge in [0.1, 0.15) is 5.69 Å². The summed E-state index contributed by atoms with van der Waals surface area (Å²) in [6.45, 7) is 1.47. The molecule has 1 rings (SSSR count). The maximum atomic E-state index is 10.6.